The Kier molecular flexibility index (Phi) is 6.76. The Labute approximate surface area is 158 Å². The highest BCUT2D eigenvalue weighted by Crippen LogP contribution is 2.26. The van der Waals surface area contributed by atoms with Crippen LogP contribution in [0.15, 0.2) is 42.5 Å². The second kappa shape index (κ2) is 9.47. The number of rotatable bonds is 7. The molecule has 1 aliphatic carbocycles. The molecule has 1 aliphatic rings. The molecule has 2 heteroatoms. The van der Waals surface area contributed by atoms with Crippen LogP contribution >= 0.6 is 0 Å². The molecule has 0 atom stereocenters. The molecular weight excluding hydrogens is 318 g/mol. The van der Waals surface area contributed by atoms with Gasteiger partial charge in [0.15, 0.2) is 0 Å². The number of benzene rings is 2. The Morgan fingerprint density at radius 2 is 1.77 bits per heavy atom. The SMILES string of the molecule is CCc1ccc(C=Cc2ccc(OC)cc2)c(NCC2CCCCC2)c1. The van der Waals surface area contributed by atoms with Crippen molar-refractivity contribution in [3.63, 3.8) is 0 Å². The number of hydrogen-bond donors (Lipinski definition) is 1. The van der Waals surface area contributed by atoms with Gasteiger partial charge in [0.2, 0.25) is 0 Å². The number of anilines is 1. The molecule has 2 aromatic rings. The molecule has 0 unspecified atom stereocenters. The summed E-state index contributed by atoms with van der Waals surface area (Å²) in [6.45, 7) is 3.31. The van der Waals surface area contributed by atoms with Gasteiger partial charge in [0.1, 0.15) is 5.75 Å². The number of aryl methyl sites for hydroxylation is 1. The molecule has 0 spiro atoms. The lowest BCUT2D eigenvalue weighted by atomic mass is 9.89. The molecule has 2 nitrogen and oxygen atoms in total. The Balaban J connectivity index is 1.72. The van der Waals surface area contributed by atoms with E-state index in [4.69, 9.17) is 4.74 Å². The van der Waals surface area contributed by atoms with E-state index >= 15 is 0 Å². The molecule has 0 heterocycles. The van der Waals surface area contributed by atoms with Gasteiger partial charge in [-0.1, -0.05) is 62.6 Å². The van der Waals surface area contributed by atoms with Gasteiger partial charge in [-0.15, -0.1) is 0 Å². The van der Waals surface area contributed by atoms with E-state index in [2.05, 4.69) is 54.7 Å². The van der Waals surface area contributed by atoms with Gasteiger partial charge in [-0.05, 0) is 60.1 Å². The van der Waals surface area contributed by atoms with Crippen molar-refractivity contribution in [3.8, 4) is 5.75 Å². The molecule has 1 fully saturated rings. The molecule has 2 aromatic carbocycles. The van der Waals surface area contributed by atoms with E-state index < -0.39 is 0 Å². The van der Waals surface area contributed by atoms with Crippen LogP contribution in [0.3, 0.4) is 0 Å². The average molecular weight is 350 g/mol. The smallest absolute Gasteiger partial charge is 0.118 e. The maximum Gasteiger partial charge on any atom is 0.118 e. The first-order chi connectivity index (χ1) is 12.8. The molecule has 0 aliphatic heterocycles. The zero-order valence-corrected chi connectivity index (χ0v) is 16.1. The predicted molar refractivity (Wildman–Crippen MR) is 113 cm³/mol. The van der Waals surface area contributed by atoms with Gasteiger partial charge in [0.25, 0.3) is 0 Å². The third-order valence-electron chi connectivity index (χ3n) is 5.40. The van der Waals surface area contributed by atoms with Crippen LogP contribution in [-0.2, 0) is 6.42 Å². The van der Waals surface area contributed by atoms with Crippen molar-refractivity contribution in [2.75, 3.05) is 19.0 Å². The van der Waals surface area contributed by atoms with Gasteiger partial charge in [0, 0.05) is 12.2 Å². The molecule has 1 saturated carbocycles. The quantitative estimate of drug-likeness (QED) is 0.582. The van der Waals surface area contributed by atoms with Crippen molar-refractivity contribution in [3.05, 3.63) is 59.2 Å². The van der Waals surface area contributed by atoms with E-state index in [-0.39, 0.29) is 0 Å². The average Bonchev–Trinajstić information content (AvgIpc) is 2.72. The fourth-order valence-corrected chi connectivity index (χ4v) is 3.67. The first-order valence-electron chi connectivity index (χ1n) is 9.97. The van der Waals surface area contributed by atoms with Crippen LogP contribution in [0.2, 0.25) is 0 Å². The minimum absolute atomic E-state index is 0.826. The van der Waals surface area contributed by atoms with Gasteiger partial charge in [-0.2, -0.15) is 0 Å². The van der Waals surface area contributed by atoms with Crippen LogP contribution < -0.4 is 10.1 Å². The van der Waals surface area contributed by atoms with Crippen LogP contribution in [0, 0.1) is 5.92 Å². The summed E-state index contributed by atoms with van der Waals surface area (Å²) >= 11 is 0. The van der Waals surface area contributed by atoms with E-state index in [0.717, 1.165) is 24.6 Å². The van der Waals surface area contributed by atoms with Gasteiger partial charge in [0.05, 0.1) is 7.11 Å². The number of methoxy groups -OCH3 is 1. The molecule has 0 aromatic heterocycles. The standard InChI is InChI=1S/C24H31NO/c1-3-19-9-13-22(14-10-20-11-15-23(26-2)16-12-20)24(17-19)25-18-21-7-5-4-6-8-21/h9-17,21,25H,3-8,18H2,1-2H3. The molecule has 26 heavy (non-hydrogen) atoms. The third kappa shape index (κ3) is 5.14. The fourth-order valence-electron chi connectivity index (χ4n) is 3.67. The maximum absolute atomic E-state index is 5.23. The zero-order chi connectivity index (χ0) is 18.2. The predicted octanol–water partition coefficient (Wildman–Crippen LogP) is 6.42. The maximum atomic E-state index is 5.23. The monoisotopic (exact) mass is 349 g/mol. The van der Waals surface area contributed by atoms with Crippen molar-refractivity contribution in [1.82, 2.24) is 0 Å². The lowest BCUT2D eigenvalue weighted by molar-refractivity contribution is 0.373. The lowest BCUT2D eigenvalue weighted by Crippen LogP contribution is -2.17. The van der Waals surface area contributed by atoms with Gasteiger partial charge in [-0.25, -0.2) is 0 Å². The first-order valence-corrected chi connectivity index (χ1v) is 9.97. The summed E-state index contributed by atoms with van der Waals surface area (Å²) in [7, 11) is 1.70. The molecular formula is C24H31NO. The van der Waals surface area contributed by atoms with E-state index in [9.17, 15) is 0 Å². The summed E-state index contributed by atoms with van der Waals surface area (Å²) in [6.07, 6.45) is 12.4. The molecule has 1 N–H and O–H groups in total. The van der Waals surface area contributed by atoms with E-state index in [1.165, 1.54) is 54.5 Å². The Morgan fingerprint density at radius 3 is 2.46 bits per heavy atom. The normalized spacial score (nSPS) is 15.3. The summed E-state index contributed by atoms with van der Waals surface area (Å²) in [6, 6.07) is 15.0. The summed E-state index contributed by atoms with van der Waals surface area (Å²) in [5, 5.41) is 3.74. The summed E-state index contributed by atoms with van der Waals surface area (Å²) in [5.41, 5.74) is 5.09. The van der Waals surface area contributed by atoms with E-state index in [0.29, 0.717) is 0 Å². The Hall–Kier alpha value is -2.22. The van der Waals surface area contributed by atoms with E-state index in [1.54, 1.807) is 7.11 Å². The second-order valence-corrected chi connectivity index (χ2v) is 7.27. The highest BCUT2D eigenvalue weighted by atomic mass is 16.5. The highest BCUT2D eigenvalue weighted by molar-refractivity contribution is 5.77. The van der Waals surface area contributed by atoms with Crippen molar-refractivity contribution in [2.24, 2.45) is 5.92 Å². The molecule has 138 valence electrons. The minimum Gasteiger partial charge on any atom is -0.497 e. The van der Waals surface area contributed by atoms with Gasteiger partial charge in [-0.3, -0.25) is 0 Å². The van der Waals surface area contributed by atoms with Crippen LogP contribution in [0.4, 0.5) is 5.69 Å². The largest absolute Gasteiger partial charge is 0.497 e. The van der Waals surface area contributed by atoms with Crippen LogP contribution in [0.25, 0.3) is 12.2 Å². The molecule has 0 bridgehead atoms. The summed E-state index contributed by atoms with van der Waals surface area (Å²) in [5.74, 6) is 1.72. The number of ether oxygens (including phenoxy) is 1. The van der Waals surface area contributed by atoms with Crippen molar-refractivity contribution >= 4 is 17.8 Å². The molecule has 0 amide bonds. The number of nitrogens with one attached hydrogen (secondary N) is 1. The van der Waals surface area contributed by atoms with Crippen LogP contribution in [0.1, 0.15) is 55.7 Å². The molecule has 0 saturated heterocycles. The van der Waals surface area contributed by atoms with Crippen molar-refractivity contribution < 1.29 is 4.74 Å². The summed E-state index contributed by atoms with van der Waals surface area (Å²) in [4.78, 5) is 0. The Bertz CT molecular complexity index is 711. The Morgan fingerprint density at radius 1 is 1.00 bits per heavy atom. The van der Waals surface area contributed by atoms with Crippen molar-refractivity contribution in [2.45, 2.75) is 45.4 Å². The second-order valence-electron chi connectivity index (χ2n) is 7.27. The molecule has 3 rings (SSSR count). The number of hydrogen-bond acceptors (Lipinski definition) is 2. The van der Waals surface area contributed by atoms with E-state index in [1.807, 2.05) is 12.1 Å². The van der Waals surface area contributed by atoms with Crippen LogP contribution in [0.5, 0.6) is 5.75 Å². The first kappa shape index (κ1) is 18.6. The van der Waals surface area contributed by atoms with Crippen molar-refractivity contribution in [1.29, 1.82) is 0 Å². The highest BCUT2D eigenvalue weighted by Gasteiger charge is 2.13. The molecule has 0 radical (unpaired) electrons. The third-order valence-corrected chi connectivity index (χ3v) is 5.40. The zero-order valence-electron chi connectivity index (χ0n) is 16.1. The van der Waals surface area contributed by atoms with Gasteiger partial charge < -0.3 is 10.1 Å². The lowest BCUT2D eigenvalue weighted by Gasteiger charge is -2.23. The van der Waals surface area contributed by atoms with Gasteiger partial charge >= 0.3 is 0 Å². The fraction of sp³-hybridized carbons (Fsp3) is 0.417. The minimum atomic E-state index is 0.826. The summed E-state index contributed by atoms with van der Waals surface area (Å²) < 4.78 is 5.23. The van der Waals surface area contributed by atoms with Crippen LogP contribution in [-0.4, -0.2) is 13.7 Å². The topological polar surface area (TPSA) is 21.3 Å².